The van der Waals surface area contributed by atoms with Crippen molar-refractivity contribution in [1.29, 1.82) is 0 Å². The molecule has 0 spiro atoms. The molecule has 1 heterocycles. The Balaban J connectivity index is 2.38. The quantitative estimate of drug-likeness (QED) is 0.734. The van der Waals surface area contributed by atoms with E-state index < -0.39 is 0 Å². The normalized spacial score (nSPS) is 11.4. The van der Waals surface area contributed by atoms with Crippen molar-refractivity contribution < 1.29 is 9.90 Å². The van der Waals surface area contributed by atoms with E-state index in [0.29, 0.717) is 12.1 Å². The number of hydrogen-bond acceptors (Lipinski definition) is 3. The van der Waals surface area contributed by atoms with Gasteiger partial charge in [-0.25, -0.2) is 0 Å². The van der Waals surface area contributed by atoms with Crippen molar-refractivity contribution in [2.24, 2.45) is 5.41 Å². The van der Waals surface area contributed by atoms with Crippen molar-refractivity contribution in [3.05, 3.63) is 34.2 Å². The summed E-state index contributed by atoms with van der Waals surface area (Å²) in [4.78, 5) is 23.5. The van der Waals surface area contributed by atoms with Gasteiger partial charge in [0, 0.05) is 24.9 Å². The number of carbonyl (C=O) groups excluding carboxylic acids is 1. The van der Waals surface area contributed by atoms with Gasteiger partial charge < -0.3 is 15.0 Å². The summed E-state index contributed by atoms with van der Waals surface area (Å²) in [6.07, 6.45) is 3.26. The molecule has 0 aliphatic carbocycles. The Hall–Kier alpha value is -1.62. The van der Waals surface area contributed by atoms with Crippen LogP contribution in [0.4, 0.5) is 0 Å². The van der Waals surface area contributed by atoms with E-state index in [9.17, 15) is 9.59 Å². The lowest BCUT2D eigenvalue weighted by Crippen LogP contribution is -2.33. The number of aliphatic hydroxyl groups is 1. The van der Waals surface area contributed by atoms with Crippen LogP contribution >= 0.6 is 0 Å². The van der Waals surface area contributed by atoms with Gasteiger partial charge in [-0.3, -0.25) is 9.59 Å². The van der Waals surface area contributed by atoms with Gasteiger partial charge in [0.05, 0.1) is 0 Å². The van der Waals surface area contributed by atoms with Crippen LogP contribution in [0, 0.1) is 12.3 Å². The van der Waals surface area contributed by atoms with Crippen molar-refractivity contribution in [1.82, 2.24) is 9.88 Å². The zero-order valence-corrected chi connectivity index (χ0v) is 12.5. The van der Waals surface area contributed by atoms with Crippen LogP contribution in [0.5, 0.6) is 0 Å². The molecule has 2 N–H and O–H groups in total. The van der Waals surface area contributed by atoms with Crippen LogP contribution in [0.3, 0.4) is 0 Å². The van der Waals surface area contributed by atoms with Crippen molar-refractivity contribution in [2.75, 3.05) is 13.2 Å². The van der Waals surface area contributed by atoms with Gasteiger partial charge in [0.1, 0.15) is 6.54 Å². The molecule has 0 aromatic carbocycles. The predicted octanol–water partition coefficient (Wildman–Crippen LogP) is 1.07. The molecular weight excluding hydrogens is 256 g/mol. The lowest BCUT2D eigenvalue weighted by atomic mass is 9.89. The molecule has 1 amide bonds. The van der Waals surface area contributed by atoms with E-state index in [4.69, 9.17) is 5.11 Å². The van der Waals surface area contributed by atoms with E-state index in [1.807, 2.05) is 13.8 Å². The predicted molar refractivity (Wildman–Crippen MR) is 78.5 cm³/mol. The number of pyridine rings is 1. The molecule has 1 aromatic heterocycles. The number of hydrogen-bond donors (Lipinski definition) is 2. The number of aliphatic hydroxyl groups excluding tert-OH is 1. The maximum atomic E-state index is 11.8. The van der Waals surface area contributed by atoms with Crippen LogP contribution in [-0.2, 0) is 11.3 Å². The molecule has 0 aliphatic rings. The fraction of sp³-hybridized carbons (Fsp3) is 0.600. The van der Waals surface area contributed by atoms with Gasteiger partial charge in [0.15, 0.2) is 0 Å². The number of carbonyl (C=O) groups is 1. The summed E-state index contributed by atoms with van der Waals surface area (Å²) in [6.45, 7) is 6.45. The molecule has 0 saturated heterocycles. The third kappa shape index (κ3) is 5.17. The summed E-state index contributed by atoms with van der Waals surface area (Å²) in [6, 6.07) is 3.49. The lowest BCUT2D eigenvalue weighted by molar-refractivity contribution is -0.121. The summed E-state index contributed by atoms with van der Waals surface area (Å²) in [5.41, 5.74) is 0.382. The fourth-order valence-corrected chi connectivity index (χ4v) is 1.87. The van der Waals surface area contributed by atoms with Crippen LogP contribution in [-0.4, -0.2) is 28.7 Å². The van der Waals surface area contributed by atoms with Gasteiger partial charge in [-0.15, -0.1) is 0 Å². The zero-order chi connectivity index (χ0) is 15.2. The van der Waals surface area contributed by atoms with Gasteiger partial charge in [-0.2, -0.15) is 0 Å². The number of amides is 1. The summed E-state index contributed by atoms with van der Waals surface area (Å²) in [5.74, 6) is -0.167. The molecule has 1 rings (SSSR count). The highest BCUT2D eigenvalue weighted by atomic mass is 16.3. The van der Waals surface area contributed by atoms with E-state index in [-0.39, 0.29) is 30.0 Å². The molecule has 0 aliphatic heterocycles. The van der Waals surface area contributed by atoms with Gasteiger partial charge in [0.25, 0.3) is 5.56 Å². The number of nitrogens with one attached hydrogen (secondary N) is 1. The van der Waals surface area contributed by atoms with E-state index in [2.05, 4.69) is 5.32 Å². The van der Waals surface area contributed by atoms with E-state index in [0.717, 1.165) is 12.8 Å². The first-order valence-electron chi connectivity index (χ1n) is 6.89. The molecule has 5 nitrogen and oxygen atoms in total. The smallest absolute Gasteiger partial charge is 0.253 e. The Bertz CT molecular complexity index is 506. The largest absolute Gasteiger partial charge is 0.396 e. The van der Waals surface area contributed by atoms with Crippen LogP contribution in [0.25, 0.3) is 0 Å². The fourth-order valence-electron chi connectivity index (χ4n) is 1.87. The average Bonchev–Trinajstić information content (AvgIpc) is 2.40. The van der Waals surface area contributed by atoms with Gasteiger partial charge >= 0.3 is 0 Å². The molecule has 112 valence electrons. The molecule has 0 radical (unpaired) electrons. The van der Waals surface area contributed by atoms with Gasteiger partial charge in [-0.1, -0.05) is 19.9 Å². The van der Waals surface area contributed by atoms with E-state index in [1.165, 1.54) is 4.57 Å². The van der Waals surface area contributed by atoms with Crippen LogP contribution in [0.15, 0.2) is 23.1 Å². The number of aryl methyl sites for hydroxylation is 1. The third-order valence-electron chi connectivity index (χ3n) is 3.30. The molecule has 20 heavy (non-hydrogen) atoms. The Kier molecular flexibility index (Phi) is 5.95. The average molecular weight is 280 g/mol. The minimum atomic E-state index is -0.167. The van der Waals surface area contributed by atoms with E-state index >= 15 is 0 Å². The first kappa shape index (κ1) is 16.4. The first-order valence-corrected chi connectivity index (χ1v) is 6.89. The molecule has 0 fully saturated rings. The van der Waals surface area contributed by atoms with Crippen molar-refractivity contribution in [2.45, 2.75) is 40.2 Å². The Morgan fingerprint density at radius 2 is 2.15 bits per heavy atom. The highest BCUT2D eigenvalue weighted by Gasteiger charge is 2.15. The highest BCUT2D eigenvalue weighted by Crippen LogP contribution is 2.20. The second-order valence-electron chi connectivity index (χ2n) is 5.90. The topological polar surface area (TPSA) is 71.3 Å². The monoisotopic (exact) mass is 280 g/mol. The summed E-state index contributed by atoms with van der Waals surface area (Å²) < 4.78 is 1.41. The van der Waals surface area contributed by atoms with Crippen molar-refractivity contribution in [3.63, 3.8) is 0 Å². The number of rotatable bonds is 7. The maximum absolute atomic E-state index is 11.8. The Morgan fingerprint density at radius 1 is 1.45 bits per heavy atom. The lowest BCUT2D eigenvalue weighted by Gasteiger charge is -2.21. The maximum Gasteiger partial charge on any atom is 0.253 e. The Labute approximate surface area is 119 Å². The molecule has 0 bridgehead atoms. The molecule has 0 saturated carbocycles. The number of aromatic nitrogens is 1. The first-order chi connectivity index (χ1) is 9.35. The third-order valence-corrected chi connectivity index (χ3v) is 3.30. The van der Waals surface area contributed by atoms with Gasteiger partial charge in [0.2, 0.25) is 5.91 Å². The zero-order valence-electron chi connectivity index (χ0n) is 12.5. The standard InChI is InChI=1S/C15H24N2O3/c1-12-6-4-9-17(14(12)20)10-13(19)16-8-5-7-15(2,3)11-18/h4,6,9,18H,5,7-8,10-11H2,1-3H3,(H,16,19). The Morgan fingerprint density at radius 3 is 2.80 bits per heavy atom. The second-order valence-corrected chi connectivity index (χ2v) is 5.90. The minimum absolute atomic E-state index is 0.0455. The van der Waals surface area contributed by atoms with Crippen LogP contribution in [0.2, 0.25) is 0 Å². The molecule has 0 unspecified atom stereocenters. The van der Waals surface area contributed by atoms with Crippen molar-refractivity contribution >= 4 is 5.91 Å². The molecular formula is C15H24N2O3. The number of nitrogens with zero attached hydrogens (tertiary/aromatic N) is 1. The van der Waals surface area contributed by atoms with E-state index in [1.54, 1.807) is 25.3 Å². The van der Waals surface area contributed by atoms with Crippen LogP contribution < -0.4 is 10.9 Å². The highest BCUT2D eigenvalue weighted by molar-refractivity contribution is 5.75. The summed E-state index contributed by atoms with van der Waals surface area (Å²) in [7, 11) is 0. The van der Waals surface area contributed by atoms with Crippen LogP contribution in [0.1, 0.15) is 32.3 Å². The van der Waals surface area contributed by atoms with Gasteiger partial charge in [-0.05, 0) is 31.2 Å². The molecule has 1 aromatic rings. The molecule has 5 heteroatoms. The van der Waals surface area contributed by atoms with Crippen molar-refractivity contribution in [3.8, 4) is 0 Å². The summed E-state index contributed by atoms with van der Waals surface area (Å²) in [5, 5.41) is 11.9. The minimum Gasteiger partial charge on any atom is -0.396 e. The SMILES string of the molecule is Cc1cccn(CC(=O)NCCCC(C)(C)CO)c1=O. The summed E-state index contributed by atoms with van der Waals surface area (Å²) >= 11 is 0. The second kappa shape index (κ2) is 7.24. The molecule has 0 atom stereocenters.